The van der Waals surface area contributed by atoms with E-state index in [1.165, 1.54) is 0 Å². The lowest BCUT2D eigenvalue weighted by Crippen LogP contribution is -2.26. The van der Waals surface area contributed by atoms with Gasteiger partial charge in [-0.3, -0.25) is 0 Å². The normalized spacial score (nSPS) is 12.3. The third-order valence-electron chi connectivity index (χ3n) is 2.05. The molecule has 1 aromatic carbocycles. The summed E-state index contributed by atoms with van der Waals surface area (Å²) in [6, 6.07) is 7.77. The number of methoxy groups -OCH3 is 1. The number of rotatable bonds is 4. The Kier molecular flexibility index (Phi) is 3.77. The Morgan fingerprint density at radius 1 is 1.36 bits per heavy atom. The summed E-state index contributed by atoms with van der Waals surface area (Å²) < 4.78 is 5.06. The Bertz CT molecular complexity index is 269. The molecule has 0 spiro atoms. The van der Waals surface area contributed by atoms with Gasteiger partial charge in [0.05, 0.1) is 13.2 Å². The van der Waals surface area contributed by atoms with Gasteiger partial charge in [0.2, 0.25) is 0 Å². The molecule has 0 bridgehead atoms. The number of hydrogen-bond donors (Lipinski definition) is 1. The molecule has 0 saturated heterocycles. The maximum atomic E-state index is 9.22. The molecule has 0 saturated carbocycles. The minimum absolute atomic E-state index is 0.317. The Morgan fingerprint density at radius 2 is 1.93 bits per heavy atom. The predicted octanol–water partition coefficient (Wildman–Crippen LogP) is 1.51. The van der Waals surface area contributed by atoms with E-state index in [1.807, 2.05) is 36.2 Å². The molecule has 0 heterocycles. The second-order valence-electron chi connectivity index (χ2n) is 3.43. The third kappa shape index (κ3) is 2.92. The maximum absolute atomic E-state index is 9.22. The van der Waals surface area contributed by atoms with Gasteiger partial charge in [-0.05, 0) is 31.2 Å². The van der Waals surface area contributed by atoms with Crippen molar-refractivity contribution < 1.29 is 9.84 Å². The number of aliphatic hydroxyl groups is 1. The third-order valence-corrected chi connectivity index (χ3v) is 2.05. The molecular formula is C11H17NO2. The Morgan fingerprint density at radius 3 is 2.36 bits per heavy atom. The molecule has 3 heteroatoms. The maximum Gasteiger partial charge on any atom is 0.119 e. The molecule has 1 rings (SSSR count). The van der Waals surface area contributed by atoms with Crippen molar-refractivity contribution in [3.63, 3.8) is 0 Å². The first-order valence-corrected chi connectivity index (χ1v) is 4.66. The van der Waals surface area contributed by atoms with E-state index in [0.717, 1.165) is 11.4 Å². The molecule has 0 fully saturated rings. The molecule has 14 heavy (non-hydrogen) atoms. The number of hydrogen-bond acceptors (Lipinski definition) is 3. The van der Waals surface area contributed by atoms with Crippen molar-refractivity contribution in [3.05, 3.63) is 24.3 Å². The second-order valence-corrected chi connectivity index (χ2v) is 3.43. The van der Waals surface area contributed by atoms with Crippen LogP contribution in [0.1, 0.15) is 6.92 Å². The van der Waals surface area contributed by atoms with Gasteiger partial charge < -0.3 is 14.7 Å². The summed E-state index contributed by atoms with van der Waals surface area (Å²) in [5.74, 6) is 0.846. The van der Waals surface area contributed by atoms with Gasteiger partial charge in [0, 0.05) is 19.3 Å². The lowest BCUT2D eigenvalue weighted by Gasteiger charge is -2.20. The van der Waals surface area contributed by atoms with Crippen LogP contribution in [0, 0.1) is 0 Å². The summed E-state index contributed by atoms with van der Waals surface area (Å²) >= 11 is 0. The first-order valence-electron chi connectivity index (χ1n) is 4.66. The number of aliphatic hydroxyl groups excluding tert-OH is 1. The first-order chi connectivity index (χ1) is 6.63. The molecule has 3 nitrogen and oxygen atoms in total. The second kappa shape index (κ2) is 4.86. The van der Waals surface area contributed by atoms with E-state index in [-0.39, 0.29) is 6.10 Å². The van der Waals surface area contributed by atoms with Gasteiger partial charge >= 0.3 is 0 Å². The van der Waals surface area contributed by atoms with Crippen LogP contribution in [-0.2, 0) is 0 Å². The highest BCUT2D eigenvalue weighted by Crippen LogP contribution is 2.17. The van der Waals surface area contributed by atoms with Crippen LogP contribution in [0.3, 0.4) is 0 Å². The smallest absolute Gasteiger partial charge is 0.119 e. The van der Waals surface area contributed by atoms with Crippen LogP contribution in [0.4, 0.5) is 5.69 Å². The molecular weight excluding hydrogens is 178 g/mol. The molecule has 1 aromatic rings. The average molecular weight is 195 g/mol. The van der Waals surface area contributed by atoms with Gasteiger partial charge in [0.1, 0.15) is 5.75 Å². The molecule has 0 unspecified atom stereocenters. The van der Waals surface area contributed by atoms with Gasteiger partial charge in [0.15, 0.2) is 0 Å². The van der Waals surface area contributed by atoms with Crippen LogP contribution in [0.15, 0.2) is 24.3 Å². The standard InChI is InChI=1S/C11H17NO2/c1-9(13)8-12(2)10-4-6-11(14-3)7-5-10/h4-7,9,13H,8H2,1-3H3/t9-/m1/s1. The molecule has 0 radical (unpaired) electrons. The van der Waals surface area contributed by atoms with E-state index in [4.69, 9.17) is 4.74 Å². The lowest BCUT2D eigenvalue weighted by molar-refractivity contribution is 0.201. The van der Waals surface area contributed by atoms with E-state index in [9.17, 15) is 5.11 Å². The fraction of sp³-hybridized carbons (Fsp3) is 0.455. The zero-order chi connectivity index (χ0) is 10.6. The summed E-state index contributed by atoms with van der Waals surface area (Å²) in [5, 5.41) is 9.22. The highest BCUT2D eigenvalue weighted by atomic mass is 16.5. The van der Waals surface area contributed by atoms with Gasteiger partial charge in [-0.1, -0.05) is 0 Å². The van der Waals surface area contributed by atoms with Crippen LogP contribution < -0.4 is 9.64 Å². The van der Waals surface area contributed by atoms with Crippen molar-refractivity contribution in [2.45, 2.75) is 13.0 Å². The number of ether oxygens (including phenoxy) is 1. The van der Waals surface area contributed by atoms with Crippen LogP contribution in [-0.4, -0.2) is 31.9 Å². The van der Waals surface area contributed by atoms with Crippen LogP contribution in [0.2, 0.25) is 0 Å². The van der Waals surface area contributed by atoms with Crippen molar-refractivity contribution in [3.8, 4) is 5.75 Å². The fourth-order valence-corrected chi connectivity index (χ4v) is 1.34. The van der Waals surface area contributed by atoms with Gasteiger partial charge in [-0.25, -0.2) is 0 Å². The molecule has 1 N–H and O–H groups in total. The number of anilines is 1. The van der Waals surface area contributed by atoms with Crippen molar-refractivity contribution in [2.24, 2.45) is 0 Å². The Balaban J connectivity index is 2.66. The van der Waals surface area contributed by atoms with Crippen molar-refractivity contribution in [1.29, 1.82) is 0 Å². The van der Waals surface area contributed by atoms with Gasteiger partial charge in [0.25, 0.3) is 0 Å². The zero-order valence-electron chi connectivity index (χ0n) is 8.90. The molecule has 0 aliphatic rings. The summed E-state index contributed by atoms with van der Waals surface area (Å²) in [6.07, 6.45) is -0.317. The highest BCUT2D eigenvalue weighted by molar-refractivity contribution is 5.48. The van der Waals surface area contributed by atoms with Gasteiger partial charge in [-0.15, -0.1) is 0 Å². The van der Waals surface area contributed by atoms with E-state index in [1.54, 1.807) is 14.0 Å². The molecule has 1 atom stereocenters. The largest absolute Gasteiger partial charge is 0.497 e. The quantitative estimate of drug-likeness (QED) is 0.790. The van der Waals surface area contributed by atoms with Crippen molar-refractivity contribution in [2.75, 3.05) is 25.6 Å². The topological polar surface area (TPSA) is 32.7 Å². The molecule has 0 aliphatic heterocycles. The minimum atomic E-state index is -0.317. The molecule has 78 valence electrons. The van der Waals surface area contributed by atoms with E-state index in [2.05, 4.69) is 0 Å². The number of likely N-dealkylation sites (N-methyl/N-ethyl adjacent to an activating group) is 1. The average Bonchev–Trinajstić information content (AvgIpc) is 2.17. The Hall–Kier alpha value is -1.22. The monoisotopic (exact) mass is 195 g/mol. The Labute approximate surface area is 84.9 Å². The summed E-state index contributed by atoms with van der Waals surface area (Å²) in [6.45, 7) is 2.41. The fourth-order valence-electron chi connectivity index (χ4n) is 1.34. The lowest BCUT2D eigenvalue weighted by atomic mass is 10.2. The molecule has 0 aliphatic carbocycles. The van der Waals surface area contributed by atoms with E-state index in [0.29, 0.717) is 6.54 Å². The minimum Gasteiger partial charge on any atom is -0.497 e. The summed E-state index contributed by atoms with van der Waals surface area (Å²) in [4.78, 5) is 2.00. The van der Waals surface area contributed by atoms with E-state index >= 15 is 0 Å². The highest BCUT2D eigenvalue weighted by Gasteiger charge is 2.03. The zero-order valence-corrected chi connectivity index (χ0v) is 8.90. The SMILES string of the molecule is COc1ccc(N(C)C[C@@H](C)O)cc1. The van der Waals surface area contributed by atoms with Crippen molar-refractivity contribution in [1.82, 2.24) is 0 Å². The predicted molar refractivity (Wildman–Crippen MR) is 57.9 cm³/mol. The van der Waals surface area contributed by atoms with Crippen molar-refractivity contribution >= 4 is 5.69 Å². The summed E-state index contributed by atoms with van der Waals surface area (Å²) in [5.41, 5.74) is 1.08. The molecule has 0 amide bonds. The number of nitrogens with zero attached hydrogens (tertiary/aromatic N) is 1. The van der Waals surface area contributed by atoms with Gasteiger partial charge in [-0.2, -0.15) is 0 Å². The molecule has 0 aromatic heterocycles. The van der Waals surface area contributed by atoms with E-state index < -0.39 is 0 Å². The van der Waals surface area contributed by atoms with Crippen LogP contribution in [0.25, 0.3) is 0 Å². The van der Waals surface area contributed by atoms with Crippen LogP contribution >= 0.6 is 0 Å². The number of benzene rings is 1. The van der Waals surface area contributed by atoms with Crippen LogP contribution in [0.5, 0.6) is 5.75 Å². The summed E-state index contributed by atoms with van der Waals surface area (Å²) in [7, 11) is 3.60. The first kappa shape index (κ1) is 10.9.